The number of aromatic nitrogens is 3. The zero-order valence-corrected chi connectivity index (χ0v) is 26.7. The number of ether oxygens (including phenoxy) is 2. The summed E-state index contributed by atoms with van der Waals surface area (Å²) in [6.45, 7) is 3.68. The quantitative estimate of drug-likeness (QED) is 0.133. The molecule has 5 aromatic rings. The van der Waals surface area contributed by atoms with Crippen molar-refractivity contribution in [3.05, 3.63) is 95.1 Å². The lowest BCUT2D eigenvalue weighted by molar-refractivity contribution is -0.137. The second kappa shape index (κ2) is 12.1. The van der Waals surface area contributed by atoms with Crippen molar-refractivity contribution < 1.29 is 41.0 Å². The molecule has 0 aliphatic carbocycles. The Bertz CT molecular complexity index is 2200. The van der Waals surface area contributed by atoms with Gasteiger partial charge in [-0.1, -0.05) is 12.1 Å². The van der Waals surface area contributed by atoms with Crippen molar-refractivity contribution in [2.24, 2.45) is 18.9 Å². The van der Waals surface area contributed by atoms with Crippen molar-refractivity contribution in [3.63, 3.8) is 0 Å². The number of benzene rings is 2. The highest BCUT2D eigenvalue weighted by atomic mass is 19.4. The molecule has 50 heavy (non-hydrogen) atoms. The third-order valence-electron chi connectivity index (χ3n) is 9.77. The van der Waals surface area contributed by atoms with Crippen LogP contribution in [0.25, 0.3) is 27.7 Å². The van der Waals surface area contributed by atoms with Crippen molar-refractivity contribution in [3.8, 4) is 16.9 Å². The summed E-state index contributed by atoms with van der Waals surface area (Å²) in [4.78, 5) is 32.8. The van der Waals surface area contributed by atoms with E-state index in [2.05, 4.69) is 15.2 Å². The predicted octanol–water partition coefficient (Wildman–Crippen LogP) is 6.03. The van der Waals surface area contributed by atoms with Gasteiger partial charge in [0.25, 0.3) is 0 Å². The van der Waals surface area contributed by atoms with Gasteiger partial charge in [-0.3, -0.25) is 14.5 Å². The molecule has 0 bridgehead atoms. The third kappa shape index (κ3) is 5.42. The van der Waals surface area contributed by atoms with E-state index in [1.165, 1.54) is 45.8 Å². The van der Waals surface area contributed by atoms with Crippen LogP contribution in [0.2, 0.25) is 0 Å². The number of alkyl halides is 3. The molecule has 3 aliphatic heterocycles. The topological polar surface area (TPSA) is 90.1 Å². The minimum Gasteiger partial charge on any atom is -0.490 e. The van der Waals surface area contributed by atoms with Crippen molar-refractivity contribution in [2.45, 2.75) is 12.6 Å². The maximum atomic E-state index is 15.3. The van der Waals surface area contributed by atoms with Gasteiger partial charge in [0.05, 0.1) is 48.4 Å². The first kappa shape index (κ1) is 32.1. The zero-order chi connectivity index (χ0) is 34.9. The molecule has 6 heterocycles. The number of nitrogens with one attached hydrogen (secondary N) is 1. The molecule has 2 atom stereocenters. The van der Waals surface area contributed by atoms with Gasteiger partial charge in [-0.15, -0.1) is 0 Å². The molecule has 9 nitrogen and oxygen atoms in total. The van der Waals surface area contributed by atoms with Crippen molar-refractivity contribution >= 4 is 33.9 Å². The Morgan fingerprint density at radius 3 is 2.54 bits per heavy atom. The van der Waals surface area contributed by atoms with E-state index in [0.29, 0.717) is 29.5 Å². The number of carbonyl (C=O) groups is 2. The fourth-order valence-electron chi connectivity index (χ4n) is 7.41. The van der Waals surface area contributed by atoms with Crippen LogP contribution in [0, 0.1) is 23.5 Å². The number of imidazole rings is 1. The smallest absolute Gasteiger partial charge is 0.417 e. The normalized spacial score (nSPS) is 19.1. The molecule has 2 aromatic carbocycles. The van der Waals surface area contributed by atoms with Gasteiger partial charge < -0.3 is 23.8 Å². The lowest BCUT2D eigenvalue weighted by Crippen LogP contribution is -2.23. The number of ketones is 1. The van der Waals surface area contributed by atoms with E-state index < -0.39 is 40.8 Å². The first-order chi connectivity index (χ1) is 24.0. The summed E-state index contributed by atoms with van der Waals surface area (Å²) in [5.74, 6) is -2.86. The molecule has 3 aliphatic rings. The van der Waals surface area contributed by atoms with E-state index in [-0.39, 0.29) is 52.2 Å². The Morgan fingerprint density at radius 1 is 1.08 bits per heavy atom. The maximum absolute atomic E-state index is 15.3. The number of fused-ring (bicyclic) bond motifs is 5. The lowest BCUT2D eigenvalue weighted by atomic mass is 9.94. The van der Waals surface area contributed by atoms with Crippen LogP contribution < -0.4 is 10.1 Å². The summed E-state index contributed by atoms with van der Waals surface area (Å²) in [5.41, 5.74) is -0.658. The second-order valence-electron chi connectivity index (χ2n) is 13.0. The monoisotopic (exact) mass is 691 g/mol. The standard InChI is InChI=1S/C36H30F5N5O4/c1-44-18-42-32-27(44)13-24(36(39,40)41)30-23-4-2-8-46-28(12-19(33(23)46)6-9-50-35(30)32)34(48)20-10-25(37)31(26(38)11-20)43-29(47)5-3-7-45-14-21-16-49-17-22(21)15-45/h2-5,8,10-13,18,21-22H,6-7,9,14-17H2,1H3,(H,43,47)/b5-3+/t21-,22-/m1/s1. The van der Waals surface area contributed by atoms with E-state index >= 15 is 8.78 Å². The minimum absolute atomic E-state index is 0.0103. The summed E-state index contributed by atoms with van der Waals surface area (Å²) in [5, 5.41) is 2.22. The Kier molecular flexibility index (Phi) is 7.75. The number of amides is 1. The largest absolute Gasteiger partial charge is 0.490 e. The fraction of sp³-hybridized carbons (Fsp3) is 0.306. The predicted molar refractivity (Wildman–Crippen MR) is 173 cm³/mol. The second-order valence-corrected chi connectivity index (χ2v) is 13.0. The molecular weight excluding hydrogens is 661 g/mol. The van der Waals surface area contributed by atoms with Crippen LogP contribution in [-0.2, 0) is 29.2 Å². The summed E-state index contributed by atoms with van der Waals surface area (Å²) in [6, 6.07) is 7.19. The number of aryl methyl sites for hydroxylation is 1. The highest BCUT2D eigenvalue weighted by Gasteiger charge is 2.39. The van der Waals surface area contributed by atoms with E-state index in [1.807, 2.05) is 0 Å². The number of hydrogen-bond donors (Lipinski definition) is 1. The van der Waals surface area contributed by atoms with Crippen LogP contribution in [0.4, 0.5) is 27.6 Å². The Labute approximate surface area is 281 Å². The molecular formula is C36H30F5N5O4. The van der Waals surface area contributed by atoms with E-state index in [9.17, 15) is 22.8 Å². The highest BCUT2D eigenvalue weighted by Crippen LogP contribution is 2.48. The van der Waals surface area contributed by atoms with Crippen LogP contribution >= 0.6 is 0 Å². The molecule has 1 amide bonds. The number of halogens is 5. The Morgan fingerprint density at radius 2 is 1.82 bits per heavy atom. The molecule has 0 radical (unpaired) electrons. The van der Waals surface area contributed by atoms with Crippen LogP contribution in [0.15, 0.2) is 61.1 Å². The highest BCUT2D eigenvalue weighted by molar-refractivity contribution is 6.10. The van der Waals surface area contributed by atoms with Gasteiger partial charge >= 0.3 is 6.18 Å². The average molecular weight is 692 g/mol. The average Bonchev–Trinajstić information content (AvgIpc) is 3.84. The third-order valence-corrected chi connectivity index (χ3v) is 9.77. The molecule has 2 fully saturated rings. The number of hydrogen-bond acceptors (Lipinski definition) is 6. The number of pyridine rings is 1. The molecule has 0 saturated carbocycles. The van der Waals surface area contributed by atoms with Crippen LogP contribution in [0.1, 0.15) is 27.2 Å². The van der Waals surface area contributed by atoms with Gasteiger partial charge in [-0.2, -0.15) is 13.2 Å². The Hall–Kier alpha value is -5.08. The molecule has 1 N–H and O–H groups in total. The van der Waals surface area contributed by atoms with Crippen molar-refractivity contribution in [1.29, 1.82) is 0 Å². The van der Waals surface area contributed by atoms with E-state index in [1.54, 1.807) is 13.1 Å². The first-order valence-electron chi connectivity index (χ1n) is 16.1. The molecule has 258 valence electrons. The summed E-state index contributed by atoms with van der Waals surface area (Å²) < 4.78 is 88.7. The van der Waals surface area contributed by atoms with Crippen LogP contribution in [0.5, 0.6) is 5.75 Å². The summed E-state index contributed by atoms with van der Waals surface area (Å²) >= 11 is 0. The van der Waals surface area contributed by atoms with Gasteiger partial charge in [-0.25, -0.2) is 13.8 Å². The molecule has 2 saturated heterocycles. The maximum Gasteiger partial charge on any atom is 0.417 e. The molecule has 3 aromatic heterocycles. The van der Waals surface area contributed by atoms with Crippen LogP contribution in [0.3, 0.4) is 0 Å². The fourth-order valence-corrected chi connectivity index (χ4v) is 7.41. The van der Waals surface area contributed by atoms with Gasteiger partial charge in [0, 0.05) is 73.9 Å². The van der Waals surface area contributed by atoms with Crippen molar-refractivity contribution in [2.75, 3.05) is 44.8 Å². The number of carbonyl (C=O) groups excluding carboxylic acids is 2. The molecule has 0 unspecified atom stereocenters. The first-order valence-corrected chi connectivity index (χ1v) is 16.1. The van der Waals surface area contributed by atoms with Crippen molar-refractivity contribution in [1.82, 2.24) is 18.9 Å². The van der Waals surface area contributed by atoms with Gasteiger partial charge in [0.2, 0.25) is 11.7 Å². The van der Waals surface area contributed by atoms with Crippen LogP contribution in [-0.4, -0.2) is 70.0 Å². The number of anilines is 1. The van der Waals surface area contributed by atoms with E-state index in [0.717, 1.165) is 44.5 Å². The van der Waals surface area contributed by atoms with Gasteiger partial charge in [0.15, 0.2) is 5.75 Å². The number of rotatable bonds is 6. The lowest BCUT2D eigenvalue weighted by Gasteiger charge is -2.22. The minimum atomic E-state index is -4.76. The molecule has 8 rings (SSSR count). The molecule has 0 spiro atoms. The summed E-state index contributed by atoms with van der Waals surface area (Å²) in [6.07, 6.45) is 1.24. The molecule has 14 heteroatoms. The van der Waals surface area contributed by atoms with Gasteiger partial charge in [0.1, 0.15) is 22.8 Å². The number of nitrogens with zero attached hydrogens (tertiary/aromatic N) is 4. The SMILES string of the molecule is Cn1cnc2c3c(c(C(F)(F)F)cc21)-c1cccn2c(C(=O)c4cc(F)c(NC(=O)/C=C/CN5C[C@@H]6COC[C@H]6C5)c(F)c4)cc(c12)CCO3. The Balaban J connectivity index is 1.10. The van der Waals surface area contributed by atoms with Gasteiger partial charge in [-0.05, 0) is 35.9 Å². The van der Waals surface area contributed by atoms with E-state index in [4.69, 9.17) is 9.47 Å². The number of likely N-dealkylation sites (tertiary alicyclic amines) is 1. The zero-order valence-electron chi connectivity index (χ0n) is 26.7. The summed E-state index contributed by atoms with van der Waals surface area (Å²) in [7, 11) is 1.59.